The summed E-state index contributed by atoms with van der Waals surface area (Å²) in [6.07, 6.45) is 1.97. The van der Waals surface area contributed by atoms with E-state index in [4.69, 9.17) is 0 Å². The van der Waals surface area contributed by atoms with Crippen LogP contribution in [0.15, 0.2) is 11.6 Å². The summed E-state index contributed by atoms with van der Waals surface area (Å²) in [6.45, 7) is 11.1. The summed E-state index contributed by atoms with van der Waals surface area (Å²) in [4.78, 5) is 32.7. The van der Waals surface area contributed by atoms with E-state index in [9.17, 15) is 9.59 Å². The number of carbonyl (C=O) groups is 2. The number of allylic oxidation sites excluding steroid dienone is 2. The Morgan fingerprint density at radius 2 is 1.55 bits per heavy atom. The Kier molecular flexibility index (Phi) is 5.31. The van der Waals surface area contributed by atoms with Crippen molar-refractivity contribution in [1.82, 2.24) is 9.97 Å². The number of hydrogen-bond donors (Lipinski definition) is 0. The van der Waals surface area contributed by atoms with Gasteiger partial charge in [0.25, 0.3) is 0 Å². The summed E-state index contributed by atoms with van der Waals surface area (Å²) in [5.74, 6) is 0.0891. The number of aromatic nitrogens is 2. The van der Waals surface area contributed by atoms with E-state index in [2.05, 4.69) is 9.97 Å². The van der Waals surface area contributed by atoms with E-state index >= 15 is 0 Å². The summed E-state index contributed by atoms with van der Waals surface area (Å²) < 4.78 is 0. The Bertz CT molecular complexity index is 568. The van der Waals surface area contributed by atoms with E-state index < -0.39 is 0 Å². The molecule has 0 unspecified atom stereocenters. The van der Waals surface area contributed by atoms with Gasteiger partial charge in [0, 0.05) is 6.42 Å². The highest BCUT2D eigenvalue weighted by molar-refractivity contribution is 6.04. The van der Waals surface area contributed by atoms with Gasteiger partial charge in [0.15, 0.2) is 5.78 Å². The quantitative estimate of drug-likeness (QED) is 0.609. The molecule has 0 saturated carbocycles. The lowest BCUT2D eigenvalue weighted by Gasteiger charge is -2.09. The Balaban J connectivity index is 3.18. The molecule has 0 aliphatic heterocycles. The second kappa shape index (κ2) is 6.55. The number of aryl methyl sites for hydroxylation is 2. The van der Waals surface area contributed by atoms with E-state index in [-0.39, 0.29) is 17.5 Å². The van der Waals surface area contributed by atoms with Crippen molar-refractivity contribution in [1.29, 1.82) is 0 Å². The Morgan fingerprint density at radius 3 is 2.05 bits per heavy atom. The molecule has 1 aromatic rings. The van der Waals surface area contributed by atoms with Crippen LogP contribution in [0.4, 0.5) is 0 Å². The molecule has 0 atom stereocenters. The van der Waals surface area contributed by atoms with Crippen molar-refractivity contribution in [2.24, 2.45) is 5.92 Å². The second-order valence-electron chi connectivity index (χ2n) is 5.70. The molecule has 0 aliphatic carbocycles. The minimum Gasteiger partial charge on any atom is -0.292 e. The summed E-state index contributed by atoms with van der Waals surface area (Å²) in [5, 5.41) is 0. The van der Waals surface area contributed by atoms with E-state index in [1.165, 1.54) is 6.08 Å². The number of ketones is 2. The van der Waals surface area contributed by atoms with Crippen LogP contribution in [0, 0.1) is 19.8 Å². The zero-order valence-electron chi connectivity index (χ0n) is 13.1. The summed E-state index contributed by atoms with van der Waals surface area (Å²) in [6, 6.07) is 0. The monoisotopic (exact) mass is 274 g/mol. The Morgan fingerprint density at radius 1 is 1.05 bits per heavy atom. The van der Waals surface area contributed by atoms with Crippen LogP contribution in [0.3, 0.4) is 0 Å². The van der Waals surface area contributed by atoms with Gasteiger partial charge in [0.2, 0.25) is 5.78 Å². The number of rotatable bonds is 5. The molecule has 0 N–H and O–H groups in total. The van der Waals surface area contributed by atoms with Crippen LogP contribution in [0.5, 0.6) is 0 Å². The van der Waals surface area contributed by atoms with Crippen LogP contribution < -0.4 is 0 Å². The van der Waals surface area contributed by atoms with Crippen molar-refractivity contribution in [2.75, 3.05) is 0 Å². The lowest BCUT2D eigenvalue weighted by Crippen LogP contribution is -2.14. The molecule has 0 saturated heterocycles. The molecule has 108 valence electrons. The highest BCUT2D eigenvalue weighted by Crippen LogP contribution is 2.14. The molecule has 0 radical (unpaired) electrons. The molecule has 0 aromatic carbocycles. The molecule has 0 spiro atoms. The normalized spacial score (nSPS) is 10.6. The topological polar surface area (TPSA) is 59.9 Å². The maximum absolute atomic E-state index is 12.1. The van der Waals surface area contributed by atoms with Gasteiger partial charge in [-0.3, -0.25) is 9.59 Å². The largest absolute Gasteiger partial charge is 0.292 e. The zero-order valence-corrected chi connectivity index (χ0v) is 13.1. The molecule has 0 fully saturated rings. The molecule has 0 amide bonds. The van der Waals surface area contributed by atoms with Crippen LogP contribution in [0.1, 0.15) is 66.5 Å². The molecule has 4 nitrogen and oxygen atoms in total. The average molecular weight is 274 g/mol. The van der Waals surface area contributed by atoms with Crippen LogP contribution in [-0.2, 0) is 0 Å². The lowest BCUT2D eigenvalue weighted by atomic mass is 10.0. The Hall–Kier alpha value is -1.84. The number of Topliss-reactive ketones (excluding diaryl/α,β-unsaturated/α-hetero) is 1. The SMILES string of the molecule is CC(C)=CC(=O)c1nc(C)c(C(=O)CC(C)C)nc1C. The van der Waals surface area contributed by atoms with E-state index in [1.54, 1.807) is 13.8 Å². The second-order valence-corrected chi connectivity index (χ2v) is 5.70. The van der Waals surface area contributed by atoms with E-state index in [1.807, 2.05) is 27.7 Å². The number of carbonyl (C=O) groups excluding carboxylic acids is 2. The molecular weight excluding hydrogens is 252 g/mol. The molecule has 1 aromatic heterocycles. The van der Waals surface area contributed by atoms with Gasteiger partial charge in [-0.1, -0.05) is 19.4 Å². The fourth-order valence-electron chi connectivity index (χ4n) is 1.90. The van der Waals surface area contributed by atoms with Gasteiger partial charge >= 0.3 is 0 Å². The highest BCUT2D eigenvalue weighted by atomic mass is 16.1. The van der Waals surface area contributed by atoms with Crippen LogP contribution in [0.25, 0.3) is 0 Å². The minimum absolute atomic E-state index is 0.0192. The Labute approximate surface area is 120 Å². The lowest BCUT2D eigenvalue weighted by molar-refractivity contribution is 0.0958. The molecule has 1 rings (SSSR count). The maximum Gasteiger partial charge on any atom is 0.205 e. The molecule has 1 heterocycles. The van der Waals surface area contributed by atoms with Gasteiger partial charge in [0.1, 0.15) is 11.4 Å². The van der Waals surface area contributed by atoms with Crippen molar-refractivity contribution < 1.29 is 9.59 Å². The summed E-state index contributed by atoms with van der Waals surface area (Å²) in [7, 11) is 0. The molecule has 20 heavy (non-hydrogen) atoms. The van der Waals surface area contributed by atoms with Crippen LogP contribution >= 0.6 is 0 Å². The standard InChI is InChI=1S/C16H22N2O2/c1-9(2)7-13(19)15-11(5)18-16(12(6)17-15)14(20)8-10(3)4/h7,10H,8H2,1-6H3. The van der Waals surface area contributed by atoms with Gasteiger partial charge in [-0.2, -0.15) is 0 Å². The predicted octanol–water partition coefficient (Wildman–Crippen LogP) is 3.47. The average Bonchev–Trinajstić information content (AvgIpc) is 2.29. The van der Waals surface area contributed by atoms with Gasteiger partial charge < -0.3 is 0 Å². The van der Waals surface area contributed by atoms with Crippen molar-refractivity contribution in [2.45, 2.75) is 48.0 Å². The fraction of sp³-hybridized carbons (Fsp3) is 0.500. The third-order valence-corrected chi connectivity index (χ3v) is 2.76. The van der Waals surface area contributed by atoms with Gasteiger partial charge in [0.05, 0.1) is 11.4 Å². The molecular formula is C16H22N2O2. The van der Waals surface area contributed by atoms with Crippen LogP contribution in [-0.4, -0.2) is 21.5 Å². The van der Waals surface area contributed by atoms with Gasteiger partial charge in [-0.05, 0) is 39.7 Å². The first-order chi connectivity index (χ1) is 9.22. The highest BCUT2D eigenvalue weighted by Gasteiger charge is 2.18. The number of nitrogens with zero attached hydrogens (tertiary/aromatic N) is 2. The van der Waals surface area contributed by atoms with Crippen molar-refractivity contribution in [3.63, 3.8) is 0 Å². The van der Waals surface area contributed by atoms with Gasteiger partial charge in [-0.15, -0.1) is 0 Å². The van der Waals surface area contributed by atoms with Gasteiger partial charge in [-0.25, -0.2) is 9.97 Å². The predicted molar refractivity (Wildman–Crippen MR) is 79.1 cm³/mol. The van der Waals surface area contributed by atoms with Crippen molar-refractivity contribution in [3.05, 3.63) is 34.4 Å². The summed E-state index contributed by atoms with van der Waals surface area (Å²) in [5.41, 5.74) is 2.64. The summed E-state index contributed by atoms with van der Waals surface area (Å²) >= 11 is 0. The first-order valence-corrected chi connectivity index (χ1v) is 6.80. The molecule has 4 heteroatoms. The number of hydrogen-bond acceptors (Lipinski definition) is 4. The first kappa shape index (κ1) is 16.2. The zero-order chi connectivity index (χ0) is 15.4. The molecule has 0 bridgehead atoms. The van der Waals surface area contributed by atoms with E-state index in [0.29, 0.717) is 29.2 Å². The third kappa shape index (κ3) is 4.08. The fourth-order valence-corrected chi connectivity index (χ4v) is 1.90. The van der Waals surface area contributed by atoms with Crippen LogP contribution in [0.2, 0.25) is 0 Å². The third-order valence-electron chi connectivity index (χ3n) is 2.76. The first-order valence-electron chi connectivity index (χ1n) is 6.80. The molecule has 0 aliphatic rings. The van der Waals surface area contributed by atoms with E-state index in [0.717, 1.165) is 5.57 Å². The smallest absolute Gasteiger partial charge is 0.205 e. The minimum atomic E-state index is -0.166. The maximum atomic E-state index is 12.1. The van der Waals surface area contributed by atoms with Crippen molar-refractivity contribution in [3.8, 4) is 0 Å². The van der Waals surface area contributed by atoms with Crippen molar-refractivity contribution >= 4 is 11.6 Å².